The van der Waals surface area contributed by atoms with Crippen LogP contribution in [0.15, 0.2) is 35.4 Å². The van der Waals surface area contributed by atoms with Crippen LogP contribution in [-0.4, -0.2) is 32.8 Å². The standard InChI is InChI=1S/C21H22ClFN4O3/c1-12-14(23)10-24-11-16(12)27-17(8-9-25-20(29)30-21(2,3)4)26-15-7-5-6-13(22)18(15)19(27)28/h5-7,10-11H,8-9H2,1-4H3,(H,25,29). The lowest BCUT2D eigenvalue weighted by atomic mass is 10.2. The van der Waals surface area contributed by atoms with Gasteiger partial charge in [-0.3, -0.25) is 14.3 Å². The molecule has 0 fully saturated rings. The molecule has 0 radical (unpaired) electrons. The highest BCUT2D eigenvalue weighted by atomic mass is 35.5. The van der Waals surface area contributed by atoms with E-state index in [1.807, 2.05) is 0 Å². The second-order valence-corrected chi connectivity index (χ2v) is 8.15. The molecule has 2 aromatic heterocycles. The SMILES string of the molecule is Cc1c(F)cncc1-n1c(CCNC(=O)OC(C)(C)C)nc2cccc(Cl)c2c1=O. The third-order valence-corrected chi connectivity index (χ3v) is 4.62. The van der Waals surface area contributed by atoms with E-state index in [-0.39, 0.29) is 34.6 Å². The highest BCUT2D eigenvalue weighted by Gasteiger charge is 2.19. The molecule has 1 amide bonds. The number of amides is 1. The van der Waals surface area contributed by atoms with Gasteiger partial charge in [-0.15, -0.1) is 0 Å². The normalized spacial score (nSPS) is 11.5. The number of fused-ring (bicyclic) bond motifs is 1. The first-order chi connectivity index (χ1) is 14.1. The molecule has 0 aliphatic heterocycles. The third-order valence-electron chi connectivity index (χ3n) is 4.30. The lowest BCUT2D eigenvalue weighted by Gasteiger charge is -2.20. The molecule has 0 aliphatic rings. The zero-order chi connectivity index (χ0) is 22.1. The van der Waals surface area contributed by atoms with Gasteiger partial charge in [0.15, 0.2) is 0 Å². The van der Waals surface area contributed by atoms with Crippen molar-refractivity contribution in [3.05, 3.63) is 63.2 Å². The van der Waals surface area contributed by atoms with Gasteiger partial charge in [0.2, 0.25) is 0 Å². The second kappa shape index (κ2) is 8.39. The van der Waals surface area contributed by atoms with Crippen LogP contribution in [0, 0.1) is 12.7 Å². The number of nitrogens with zero attached hydrogens (tertiary/aromatic N) is 3. The summed E-state index contributed by atoms with van der Waals surface area (Å²) in [6, 6.07) is 4.96. The monoisotopic (exact) mass is 432 g/mol. The summed E-state index contributed by atoms with van der Waals surface area (Å²) in [7, 11) is 0. The molecule has 0 spiro atoms. The van der Waals surface area contributed by atoms with Crippen LogP contribution in [-0.2, 0) is 11.2 Å². The highest BCUT2D eigenvalue weighted by Crippen LogP contribution is 2.22. The van der Waals surface area contributed by atoms with E-state index in [9.17, 15) is 14.0 Å². The molecule has 0 bridgehead atoms. The number of nitrogens with one attached hydrogen (secondary N) is 1. The topological polar surface area (TPSA) is 86.1 Å². The van der Waals surface area contributed by atoms with Crippen LogP contribution in [0.1, 0.15) is 32.2 Å². The van der Waals surface area contributed by atoms with E-state index in [0.29, 0.717) is 11.3 Å². The lowest BCUT2D eigenvalue weighted by Crippen LogP contribution is -2.34. The predicted octanol–water partition coefficient (Wildman–Crippen LogP) is 3.95. The first-order valence-electron chi connectivity index (χ1n) is 9.36. The fourth-order valence-electron chi connectivity index (χ4n) is 2.96. The van der Waals surface area contributed by atoms with Gasteiger partial charge in [0, 0.05) is 18.5 Å². The van der Waals surface area contributed by atoms with Gasteiger partial charge < -0.3 is 10.1 Å². The summed E-state index contributed by atoms with van der Waals surface area (Å²) >= 11 is 6.24. The molecule has 1 N–H and O–H groups in total. The van der Waals surface area contributed by atoms with Crippen molar-refractivity contribution in [2.45, 2.75) is 39.7 Å². The van der Waals surface area contributed by atoms with Crippen LogP contribution in [0.3, 0.4) is 0 Å². The number of carbonyl (C=O) groups is 1. The van der Waals surface area contributed by atoms with Gasteiger partial charge in [-0.2, -0.15) is 0 Å². The molecule has 7 nitrogen and oxygen atoms in total. The Hall–Kier alpha value is -3.00. The van der Waals surface area contributed by atoms with Crippen molar-refractivity contribution in [3.63, 3.8) is 0 Å². The van der Waals surface area contributed by atoms with Crippen LogP contribution in [0.4, 0.5) is 9.18 Å². The number of aromatic nitrogens is 3. The molecule has 0 atom stereocenters. The molecule has 0 saturated carbocycles. The van der Waals surface area contributed by atoms with Gasteiger partial charge in [0.25, 0.3) is 5.56 Å². The largest absolute Gasteiger partial charge is 0.444 e. The Morgan fingerprint density at radius 2 is 2.03 bits per heavy atom. The van der Waals surface area contributed by atoms with Gasteiger partial charge >= 0.3 is 6.09 Å². The Morgan fingerprint density at radius 1 is 1.30 bits per heavy atom. The molecule has 3 rings (SSSR count). The van der Waals surface area contributed by atoms with Gasteiger partial charge in [-0.05, 0) is 39.8 Å². The van der Waals surface area contributed by atoms with Crippen molar-refractivity contribution in [1.82, 2.24) is 19.9 Å². The summed E-state index contributed by atoms with van der Waals surface area (Å²) in [6.45, 7) is 7.00. The quantitative estimate of drug-likeness (QED) is 0.674. The Morgan fingerprint density at radius 3 is 2.73 bits per heavy atom. The molecule has 9 heteroatoms. The van der Waals surface area contributed by atoms with Gasteiger partial charge in [0.05, 0.1) is 34.0 Å². The van der Waals surface area contributed by atoms with Crippen molar-refractivity contribution in [2.75, 3.05) is 6.54 Å². The lowest BCUT2D eigenvalue weighted by molar-refractivity contribution is 0.0528. The molecular formula is C21H22ClFN4O3. The minimum absolute atomic E-state index is 0.162. The molecule has 0 saturated heterocycles. The maximum atomic E-state index is 14.1. The number of halogens is 2. The summed E-state index contributed by atoms with van der Waals surface area (Å²) in [5.41, 5.74) is -0.135. The third kappa shape index (κ3) is 4.59. The Bertz CT molecular complexity index is 1170. The minimum atomic E-state index is -0.630. The van der Waals surface area contributed by atoms with Crippen molar-refractivity contribution < 1.29 is 13.9 Å². The number of hydrogen-bond donors (Lipinski definition) is 1. The molecular weight excluding hydrogens is 411 g/mol. The molecule has 0 unspecified atom stereocenters. The Kier molecular flexibility index (Phi) is 6.07. The maximum Gasteiger partial charge on any atom is 0.407 e. The van der Waals surface area contributed by atoms with E-state index in [0.717, 1.165) is 6.20 Å². The number of hydrogen-bond acceptors (Lipinski definition) is 5. The number of carbonyl (C=O) groups excluding carboxylic acids is 1. The first-order valence-corrected chi connectivity index (χ1v) is 9.74. The van der Waals surface area contributed by atoms with Crippen molar-refractivity contribution in [3.8, 4) is 5.69 Å². The molecule has 3 aromatic rings. The molecule has 1 aromatic carbocycles. The average Bonchev–Trinajstić information content (AvgIpc) is 2.63. The predicted molar refractivity (Wildman–Crippen MR) is 113 cm³/mol. The molecule has 158 valence electrons. The van der Waals surface area contributed by atoms with Crippen molar-refractivity contribution >= 4 is 28.6 Å². The van der Waals surface area contributed by atoms with Crippen molar-refractivity contribution in [1.29, 1.82) is 0 Å². The summed E-state index contributed by atoms with van der Waals surface area (Å²) < 4.78 is 20.6. The number of ether oxygens (including phenoxy) is 1. The summed E-state index contributed by atoms with van der Waals surface area (Å²) in [4.78, 5) is 33.6. The van der Waals surface area contributed by atoms with E-state index < -0.39 is 23.1 Å². The Labute approximate surface area is 177 Å². The maximum absolute atomic E-state index is 14.1. The van der Waals surface area contributed by atoms with Crippen LogP contribution >= 0.6 is 11.6 Å². The van der Waals surface area contributed by atoms with E-state index in [4.69, 9.17) is 16.3 Å². The minimum Gasteiger partial charge on any atom is -0.444 e. The number of benzene rings is 1. The fourth-order valence-corrected chi connectivity index (χ4v) is 3.21. The van der Waals surface area contributed by atoms with Crippen LogP contribution in [0.25, 0.3) is 16.6 Å². The van der Waals surface area contributed by atoms with Gasteiger partial charge in [0.1, 0.15) is 17.2 Å². The second-order valence-electron chi connectivity index (χ2n) is 7.75. The van der Waals surface area contributed by atoms with Crippen LogP contribution < -0.4 is 10.9 Å². The van der Waals surface area contributed by atoms with E-state index in [2.05, 4.69) is 15.3 Å². The fraction of sp³-hybridized carbons (Fsp3) is 0.333. The first kappa shape index (κ1) is 21.7. The number of pyridine rings is 1. The van der Waals surface area contributed by atoms with E-state index in [1.54, 1.807) is 45.9 Å². The molecule has 2 heterocycles. The van der Waals surface area contributed by atoms with Gasteiger partial charge in [-0.1, -0.05) is 17.7 Å². The van der Waals surface area contributed by atoms with E-state index >= 15 is 0 Å². The van der Waals surface area contributed by atoms with Crippen LogP contribution in [0.2, 0.25) is 5.02 Å². The number of rotatable bonds is 4. The summed E-state index contributed by atoms with van der Waals surface area (Å²) in [5, 5.41) is 3.12. The molecule has 30 heavy (non-hydrogen) atoms. The summed E-state index contributed by atoms with van der Waals surface area (Å²) in [6.07, 6.45) is 2.10. The Balaban J connectivity index is 2.06. The van der Waals surface area contributed by atoms with Crippen LogP contribution in [0.5, 0.6) is 0 Å². The zero-order valence-corrected chi connectivity index (χ0v) is 17.9. The average molecular weight is 433 g/mol. The number of alkyl carbamates (subject to hydrolysis) is 1. The highest BCUT2D eigenvalue weighted by molar-refractivity contribution is 6.35. The van der Waals surface area contributed by atoms with E-state index in [1.165, 1.54) is 10.8 Å². The van der Waals surface area contributed by atoms with Gasteiger partial charge in [-0.25, -0.2) is 14.2 Å². The van der Waals surface area contributed by atoms with Crippen molar-refractivity contribution in [2.24, 2.45) is 0 Å². The molecule has 0 aliphatic carbocycles. The summed E-state index contributed by atoms with van der Waals surface area (Å²) in [5.74, 6) is -0.210. The zero-order valence-electron chi connectivity index (χ0n) is 17.1. The smallest absolute Gasteiger partial charge is 0.407 e.